The van der Waals surface area contributed by atoms with Gasteiger partial charge in [0.1, 0.15) is 0 Å². The highest BCUT2D eigenvalue weighted by molar-refractivity contribution is 4.88. The number of aliphatic hydroxyl groups is 1. The normalized spacial score (nSPS) is 38.8. The minimum absolute atomic E-state index is 0.401. The van der Waals surface area contributed by atoms with E-state index in [1.54, 1.807) is 38.5 Å². The Morgan fingerprint density at radius 3 is 1.86 bits per heavy atom. The molecule has 3 saturated carbocycles. The van der Waals surface area contributed by atoms with E-state index in [-0.39, 0.29) is 0 Å². The van der Waals surface area contributed by atoms with E-state index in [0.717, 1.165) is 47.8 Å². The van der Waals surface area contributed by atoms with Crippen molar-refractivity contribution in [3.8, 4) is 0 Å². The summed E-state index contributed by atoms with van der Waals surface area (Å²) in [7, 11) is 0. The van der Waals surface area contributed by atoms with Crippen molar-refractivity contribution >= 4 is 0 Å². The lowest BCUT2D eigenvalue weighted by Gasteiger charge is -2.44. The zero-order valence-electron chi connectivity index (χ0n) is 19.9. The third kappa shape index (κ3) is 6.98. The quantitative estimate of drug-likeness (QED) is 0.362. The second kappa shape index (κ2) is 12.7. The van der Waals surface area contributed by atoms with Crippen molar-refractivity contribution in [3.05, 3.63) is 0 Å². The lowest BCUT2D eigenvalue weighted by Crippen LogP contribution is -2.34. The topological polar surface area (TPSA) is 20.2 Å². The lowest BCUT2D eigenvalue weighted by molar-refractivity contribution is 0.0609. The molecule has 0 aromatic rings. The predicted octanol–water partition coefficient (Wildman–Crippen LogP) is 8.39. The van der Waals surface area contributed by atoms with Gasteiger partial charge in [0.15, 0.2) is 0 Å². The number of aliphatic hydroxyl groups excluding tert-OH is 1. The van der Waals surface area contributed by atoms with Crippen molar-refractivity contribution in [1.29, 1.82) is 0 Å². The molecule has 0 heterocycles. The van der Waals surface area contributed by atoms with Crippen LogP contribution in [0.2, 0.25) is 0 Å². The zero-order chi connectivity index (χ0) is 20.5. The van der Waals surface area contributed by atoms with Crippen LogP contribution in [-0.4, -0.2) is 11.7 Å². The standard InChI is InChI=1S/C28H52O/c1-3-5-6-7-8-22-9-12-25(13-10-22)26-14-16-27(17-15-26)28-18-11-23(19-20-29)21-24(28)4-2/h22-29H,3-21H2,1-2H3. The Hall–Kier alpha value is -0.0400. The summed E-state index contributed by atoms with van der Waals surface area (Å²) in [5.41, 5.74) is 0. The van der Waals surface area contributed by atoms with E-state index in [0.29, 0.717) is 6.61 Å². The summed E-state index contributed by atoms with van der Waals surface area (Å²) in [4.78, 5) is 0. The first-order valence-electron chi connectivity index (χ1n) is 13.9. The number of hydrogen-bond donors (Lipinski definition) is 1. The summed E-state index contributed by atoms with van der Waals surface area (Å²) in [5.74, 6) is 7.01. The molecule has 170 valence electrons. The average Bonchev–Trinajstić information content (AvgIpc) is 2.77. The maximum absolute atomic E-state index is 9.33. The summed E-state index contributed by atoms with van der Waals surface area (Å²) in [5, 5.41) is 9.33. The first-order valence-corrected chi connectivity index (χ1v) is 13.9. The molecule has 3 atom stereocenters. The summed E-state index contributed by atoms with van der Waals surface area (Å²) in [6, 6.07) is 0. The third-order valence-corrected chi connectivity index (χ3v) is 9.66. The van der Waals surface area contributed by atoms with Crippen LogP contribution < -0.4 is 0 Å². The Labute approximate surface area is 182 Å². The van der Waals surface area contributed by atoms with Crippen molar-refractivity contribution in [2.75, 3.05) is 6.61 Å². The maximum Gasteiger partial charge on any atom is 0.0433 e. The second-order valence-corrected chi connectivity index (χ2v) is 11.3. The molecule has 1 N–H and O–H groups in total. The predicted molar refractivity (Wildman–Crippen MR) is 126 cm³/mol. The summed E-state index contributed by atoms with van der Waals surface area (Å²) >= 11 is 0. The molecule has 1 nitrogen and oxygen atoms in total. The van der Waals surface area contributed by atoms with Crippen molar-refractivity contribution in [1.82, 2.24) is 0 Å². The van der Waals surface area contributed by atoms with E-state index in [2.05, 4.69) is 13.8 Å². The Balaban J connectivity index is 1.36. The smallest absolute Gasteiger partial charge is 0.0433 e. The summed E-state index contributed by atoms with van der Waals surface area (Å²) < 4.78 is 0. The highest BCUT2D eigenvalue weighted by atomic mass is 16.3. The van der Waals surface area contributed by atoms with Crippen LogP contribution in [0.1, 0.15) is 129 Å². The molecule has 0 saturated heterocycles. The molecule has 3 aliphatic rings. The molecule has 0 amide bonds. The largest absolute Gasteiger partial charge is 0.396 e. The molecule has 3 aliphatic carbocycles. The molecule has 3 fully saturated rings. The van der Waals surface area contributed by atoms with E-state index in [1.807, 2.05) is 0 Å². The monoisotopic (exact) mass is 404 g/mol. The molecular formula is C28H52O. The van der Waals surface area contributed by atoms with Gasteiger partial charge in [-0.15, -0.1) is 0 Å². The van der Waals surface area contributed by atoms with Crippen molar-refractivity contribution in [2.45, 2.75) is 129 Å². The fourth-order valence-electron chi connectivity index (χ4n) is 7.77. The molecule has 1 heteroatoms. The Kier molecular flexibility index (Phi) is 10.4. The van der Waals surface area contributed by atoms with E-state index < -0.39 is 0 Å². The summed E-state index contributed by atoms with van der Waals surface area (Å²) in [6.07, 6.45) is 26.3. The molecule has 3 unspecified atom stereocenters. The van der Waals surface area contributed by atoms with Gasteiger partial charge in [-0.1, -0.05) is 71.6 Å². The third-order valence-electron chi connectivity index (χ3n) is 9.66. The van der Waals surface area contributed by atoms with Crippen LogP contribution in [0.25, 0.3) is 0 Å². The van der Waals surface area contributed by atoms with Crippen molar-refractivity contribution in [3.63, 3.8) is 0 Å². The molecule has 3 rings (SSSR count). The van der Waals surface area contributed by atoms with Crippen LogP contribution in [0.15, 0.2) is 0 Å². The SMILES string of the molecule is CCCCCCC1CCC(C2CCC(C3CCC(CCO)CC3CC)CC2)CC1. The highest BCUT2D eigenvalue weighted by Crippen LogP contribution is 2.48. The van der Waals surface area contributed by atoms with Crippen LogP contribution in [0.5, 0.6) is 0 Å². The minimum Gasteiger partial charge on any atom is -0.396 e. The zero-order valence-corrected chi connectivity index (χ0v) is 19.9. The van der Waals surface area contributed by atoms with E-state index in [4.69, 9.17) is 0 Å². The van der Waals surface area contributed by atoms with Gasteiger partial charge in [-0.2, -0.15) is 0 Å². The first-order chi connectivity index (χ1) is 14.2. The average molecular weight is 405 g/mol. The molecule has 0 spiro atoms. The summed E-state index contributed by atoms with van der Waals surface area (Å²) in [6.45, 7) is 5.15. The van der Waals surface area contributed by atoms with Gasteiger partial charge in [0, 0.05) is 6.61 Å². The van der Waals surface area contributed by atoms with Gasteiger partial charge in [-0.25, -0.2) is 0 Å². The van der Waals surface area contributed by atoms with E-state index >= 15 is 0 Å². The van der Waals surface area contributed by atoms with Gasteiger partial charge in [0.25, 0.3) is 0 Å². The Morgan fingerprint density at radius 1 is 0.621 bits per heavy atom. The molecule has 0 radical (unpaired) electrons. The Bertz CT molecular complexity index is 416. The van der Waals surface area contributed by atoms with Gasteiger partial charge < -0.3 is 5.11 Å². The van der Waals surface area contributed by atoms with Gasteiger partial charge in [0.05, 0.1) is 0 Å². The van der Waals surface area contributed by atoms with Crippen LogP contribution in [-0.2, 0) is 0 Å². The lowest BCUT2D eigenvalue weighted by atomic mass is 9.61. The van der Waals surface area contributed by atoms with Crippen molar-refractivity contribution in [2.24, 2.45) is 41.4 Å². The van der Waals surface area contributed by atoms with Crippen LogP contribution in [0.4, 0.5) is 0 Å². The van der Waals surface area contributed by atoms with Gasteiger partial charge in [-0.05, 0) is 99.2 Å². The minimum atomic E-state index is 0.401. The molecule has 29 heavy (non-hydrogen) atoms. The van der Waals surface area contributed by atoms with Gasteiger partial charge in [0.2, 0.25) is 0 Å². The number of rotatable bonds is 10. The Morgan fingerprint density at radius 2 is 1.24 bits per heavy atom. The molecule has 0 aliphatic heterocycles. The van der Waals surface area contributed by atoms with Crippen LogP contribution in [0.3, 0.4) is 0 Å². The first kappa shape index (κ1) is 23.6. The molecular weight excluding hydrogens is 352 g/mol. The number of unbranched alkanes of at least 4 members (excludes halogenated alkanes) is 3. The van der Waals surface area contributed by atoms with E-state index in [1.165, 1.54) is 70.6 Å². The molecule has 0 aromatic carbocycles. The van der Waals surface area contributed by atoms with E-state index in [9.17, 15) is 5.11 Å². The molecule has 0 aromatic heterocycles. The highest BCUT2D eigenvalue weighted by Gasteiger charge is 2.37. The fourth-order valence-corrected chi connectivity index (χ4v) is 7.77. The van der Waals surface area contributed by atoms with Crippen molar-refractivity contribution < 1.29 is 5.11 Å². The van der Waals surface area contributed by atoms with Crippen LogP contribution in [0, 0.1) is 41.4 Å². The number of hydrogen-bond acceptors (Lipinski definition) is 1. The van der Waals surface area contributed by atoms with Gasteiger partial charge >= 0.3 is 0 Å². The van der Waals surface area contributed by atoms with Gasteiger partial charge in [-0.3, -0.25) is 0 Å². The maximum atomic E-state index is 9.33. The molecule has 0 bridgehead atoms. The van der Waals surface area contributed by atoms with Crippen LogP contribution >= 0.6 is 0 Å². The fraction of sp³-hybridized carbons (Fsp3) is 1.00. The second-order valence-electron chi connectivity index (χ2n) is 11.3.